The Labute approximate surface area is 194 Å². The Hall–Kier alpha value is -3.38. The van der Waals surface area contributed by atoms with E-state index in [2.05, 4.69) is 11.4 Å². The quantitative estimate of drug-likeness (QED) is 0.592. The summed E-state index contributed by atoms with van der Waals surface area (Å²) >= 11 is 0. The summed E-state index contributed by atoms with van der Waals surface area (Å²) < 4.78 is 32.4. The van der Waals surface area contributed by atoms with E-state index in [0.29, 0.717) is 18.5 Å². The van der Waals surface area contributed by atoms with Gasteiger partial charge in [-0.15, -0.1) is 0 Å². The summed E-state index contributed by atoms with van der Waals surface area (Å²) in [4.78, 5) is 24.6. The van der Waals surface area contributed by atoms with Gasteiger partial charge in [-0.05, 0) is 56.2 Å². The SMILES string of the molecule is CCN(c1ccccc1)S(=O)(=O)c1ccc(C(=O)OCC(=O)NC2(C#N)CCCCC2)cc1. The Morgan fingerprint density at radius 1 is 1.06 bits per heavy atom. The molecule has 0 aliphatic heterocycles. The second-order valence-electron chi connectivity index (χ2n) is 7.91. The normalized spacial score (nSPS) is 15.2. The first kappa shape index (κ1) is 24.3. The number of nitrogens with zero attached hydrogens (tertiary/aromatic N) is 2. The maximum absolute atomic E-state index is 13.0. The molecule has 2 aromatic rings. The first-order valence-corrected chi connectivity index (χ1v) is 12.3. The number of carbonyl (C=O) groups excluding carboxylic acids is 2. The molecular formula is C24H27N3O5S. The summed E-state index contributed by atoms with van der Waals surface area (Å²) in [7, 11) is -3.81. The zero-order chi connectivity index (χ0) is 23.9. The highest BCUT2D eigenvalue weighted by molar-refractivity contribution is 7.92. The van der Waals surface area contributed by atoms with E-state index < -0.39 is 34.0 Å². The Kier molecular flexibility index (Phi) is 7.71. The minimum atomic E-state index is -3.81. The molecule has 33 heavy (non-hydrogen) atoms. The molecule has 0 aromatic heterocycles. The van der Waals surface area contributed by atoms with Crippen LogP contribution in [0.25, 0.3) is 0 Å². The highest BCUT2D eigenvalue weighted by Gasteiger charge is 2.33. The van der Waals surface area contributed by atoms with Crippen LogP contribution in [0.3, 0.4) is 0 Å². The van der Waals surface area contributed by atoms with Crippen LogP contribution in [-0.4, -0.2) is 39.0 Å². The molecule has 2 aromatic carbocycles. The van der Waals surface area contributed by atoms with Crippen LogP contribution in [0.2, 0.25) is 0 Å². The van der Waals surface area contributed by atoms with Gasteiger partial charge in [0.1, 0.15) is 5.54 Å². The monoisotopic (exact) mass is 469 g/mol. The van der Waals surface area contributed by atoms with Crippen LogP contribution in [-0.2, 0) is 19.6 Å². The van der Waals surface area contributed by atoms with Gasteiger partial charge in [-0.2, -0.15) is 5.26 Å². The van der Waals surface area contributed by atoms with Crippen molar-refractivity contribution < 1.29 is 22.7 Å². The van der Waals surface area contributed by atoms with Crippen molar-refractivity contribution in [3.63, 3.8) is 0 Å². The van der Waals surface area contributed by atoms with Gasteiger partial charge in [-0.25, -0.2) is 13.2 Å². The first-order valence-electron chi connectivity index (χ1n) is 10.9. The van der Waals surface area contributed by atoms with Crippen LogP contribution in [0.15, 0.2) is 59.5 Å². The van der Waals surface area contributed by atoms with Gasteiger partial charge in [-0.1, -0.05) is 37.5 Å². The van der Waals surface area contributed by atoms with E-state index in [4.69, 9.17) is 4.74 Å². The van der Waals surface area contributed by atoms with Crippen LogP contribution in [0.5, 0.6) is 0 Å². The maximum Gasteiger partial charge on any atom is 0.338 e. The molecule has 0 radical (unpaired) electrons. The molecule has 8 nitrogen and oxygen atoms in total. The molecule has 1 saturated carbocycles. The number of benzene rings is 2. The molecule has 9 heteroatoms. The van der Waals surface area contributed by atoms with E-state index >= 15 is 0 Å². The molecule has 1 N–H and O–H groups in total. The predicted octanol–water partition coefficient (Wildman–Crippen LogP) is 3.40. The van der Waals surface area contributed by atoms with Gasteiger partial charge in [0.05, 0.1) is 22.2 Å². The highest BCUT2D eigenvalue weighted by atomic mass is 32.2. The van der Waals surface area contributed by atoms with E-state index in [1.807, 2.05) is 0 Å². The molecule has 3 rings (SSSR count). The molecule has 174 valence electrons. The zero-order valence-electron chi connectivity index (χ0n) is 18.5. The number of hydrogen-bond donors (Lipinski definition) is 1. The maximum atomic E-state index is 13.0. The van der Waals surface area contributed by atoms with Crippen LogP contribution in [0.4, 0.5) is 5.69 Å². The predicted molar refractivity (Wildman–Crippen MR) is 123 cm³/mol. The van der Waals surface area contributed by atoms with Crippen molar-refractivity contribution in [2.75, 3.05) is 17.5 Å². The van der Waals surface area contributed by atoms with Gasteiger partial charge in [0, 0.05) is 6.54 Å². The van der Waals surface area contributed by atoms with Crippen molar-refractivity contribution in [2.24, 2.45) is 0 Å². The number of rotatable bonds is 8. The van der Waals surface area contributed by atoms with E-state index in [9.17, 15) is 23.3 Å². The van der Waals surface area contributed by atoms with Crippen molar-refractivity contribution in [1.29, 1.82) is 5.26 Å². The molecule has 1 fully saturated rings. The molecule has 0 heterocycles. The number of hydrogen-bond acceptors (Lipinski definition) is 6. The molecule has 0 unspecified atom stereocenters. The summed E-state index contributed by atoms with van der Waals surface area (Å²) in [5, 5.41) is 12.1. The summed E-state index contributed by atoms with van der Waals surface area (Å²) in [6.07, 6.45) is 3.92. The molecule has 0 spiro atoms. The Bertz CT molecular complexity index is 1120. The van der Waals surface area contributed by atoms with Gasteiger partial charge in [0.2, 0.25) is 0 Å². The number of para-hydroxylation sites is 1. The zero-order valence-corrected chi connectivity index (χ0v) is 19.3. The number of carbonyl (C=O) groups is 2. The Morgan fingerprint density at radius 2 is 1.70 bits per heavy atom. The minimum absolute atomic E-state index is 0.0377. The fourth-order valence-electron chi connectivity index (χ4n) is 3.91. The van der Waals surface area contributed by atoms with E-state index in [0.717, 1.165) is 19.3 Å². The van der Waals surface area contributed by atoms with Crippen LogP contribution >= 0.6 is 0 Å². The lowest BCUT2D eigenvalue weighted by molar-refractivity contribution is -0.125. The first-order chi connectivity index (χ1) is 15.8. The van der Waals surface area contributed by atoms with Gasteiger partial charge in [0.25, 0.3) is 15.9 Å². The fraction of sp³-hybridized carbons (Fsp3) is 0.375. The molecule has 1 aliphatic rings. The van der Waals surface area contributed by atoms with Crippen molar-refractivity contribution in [3.8, 4) is 6.07 Å². The fourth-order valence-corrected chi connectivity index (χ4v) is 5.39. The number of anilines is 1. The number of sulfonamides is 1. The largest absolute Gasteiger partial charge is 0.452 e. The average Bonchev–Trinajstić information content (AvgIpc) is 2.84. The van der Waals surface area contributed by atoms with E-state index in [1.54, 1.807) is 37.3 Å². The third-order valence-electron chi connectivity index (χ3n) is 5.64. The summed E-state index contributed by atoms with van der Waals surface area (Å²) in [6.45, 7) is 1.47. The van der Waals surface area contributed by atoms with Crippen molar-refractivity contribution in [1.82, 2.24) is 5.32 Å². The average molecular weight is 470 g/mol. The lowest BCUT2D eigenvalue weighted by atomic mass is 9.83. The number of esters is 1. The highest BCUT2D eigenvalue weighted by Crippen LogP contribution is 2.27. The standard InChI is InChI=1S/C24H27N3O5S/c1-2-27(20-9-5-3-6-10-20)33(30,31)21-13-11-19(12-14-21)23(29)32-17-22(28)26-24(18-25)15-7-4-8-16-24/h3,5-6,9-14H,2,4,7-8,15-17H2,1H3,(H,26,28). The topological polar surface area (TPSA) is 117 Å². The second-order valence-corrected chi connectivity index (χ2v) is 9.77. The van der Waals surface area contributed by atoms with Gasteiger partial charge in [-0.3, -0.25) is 9.10 Å². The van der Waals surface area contributed by atoms with Crippen molar-refractivity contribution >= 4 is 27.6 Å². The van der Waals surface area contributed by atoms with Crippen LogP contribution < -0.4 is 9.62 Å². The van der Waals surface area contributed by atoms with Gasteiger partial charge >= 0.3 is 5.97 Å². The summed E-state index contributed by atoms with van der Waals surface area (Å²) in [5.41, 5.74) is -0.235. The molecular weight excluding hydrogens is 442 g/mol. The summed E-state index contributed by atoms with van der Waals surface area (Å²) in [6, 6.07) is 16.3. The van der Waals surface area contributed by atoms with Gasteiger partial charge in [0.15, 0.2) is 6.61 Å². The lowest BCUT2D eigenvalue weighted by Crippen LogP contribution is -2.50. The smallest absolute Gasteiger partial charge is 0.338 e. The van der Waals surface area contributed by atoms with E-state index in [1.165, 1.54) is 28.6 Å². The molecule has 1 aliphatic carbocycles. The molecule has 0 bridgehead atoms. The van der Waals surface area contributed by atoms with Crippen molar-refractivity contribution in [3.05, 3.63) is 60.2 Å². The van der Waals surface area contributed by atoms with Crippen LogP contribution in [0, 0.1) is 11.3 Å². The molecule has 1 amide bonds. The number of ether oxygens (including phenoxy) is 1. The number of nitrogens with one attached hydrogen (secondary N) is 1. The minimum Gasteiger partial charge on any atom is -0.452 e. The van der Waals surface area contributed by atoms with Gasteiger partial charge < -0.3 is 10.1 Å². The third kappa shape index (κ3) is 5.71. The number of amides is 1. The molecule has 0 atom stereocenters. The van der Waals surface area contributed by atoms with Crippen molar-refractivity contribution in [2.45, 2.75) is 49.5 Å². The molecule has 0 saturated heterocycles. The van der Waals surface area contributed by atoms with Crippen LogP contribution in [0.1, 0.15) is 49.4 Å². The summed E-state index contributed by atoms with van der Waals surface area (Å²) in [5.74, 6) is -1.29. The Balaban J connectivity index is 1.63. The number of nitriles is 1. The third-order valence-corrected chi connectivity index (χ3v) is 7.56. The second kappa shape index (κ2) is 10.5. The lowest BCUT2D eigenvalue weighted by Gasteiger charge is -2.31. The van der Waals surface area contributed by atoms with E-state index in [-0.39, 0.29) is 17.0 Å². The Morgan fingerprint density at radius 3 is 2.27 bits per heavy atom.